The zero-order valence-electron chi connectivity index (χ0n) is 13.3. The summed E-state index contributed by atoms with van der Waals surface area (Å²) in [6.45, 7) is 0. The van der Waals surface area contributed by atoms with Crippen LogP contribution in [0, 0.1) is 21.8 Å². The molecule has 2 aliphatic rings. The first-order chi connectivity index (χ1) is 12.9. The third-order valence-corrected chi connectivity index (χ3v) is 4.66. The predicted molar refractivity (Wildman–Crippen MR) is 91.9 cm³/mol. The highest BCUT2D eigenvalue weighted by atomic mass is 35.5. The molecule has 2 atom stereocenters. The van der Waals surface area contributed by atoms with Gasteiger partial charge in [-0.15, -0.1) is 0 Å². The quantitative estimate of drug-likeness (QED) is 0.456. The van der Waals surface area contributed by atoms with Gasteiger partial charge in [-0.05, 0) is 24.3 Å². The summed E-state index contributed by atoms with van der Waals surface area (Å²) >= 11 is 5.78. The van der Waals surface area contributed by atoms with Crippen molar-refractivity contribution in [2.24, 2.45) is 11.1 Å². The molecular weight excluding hydrogens is 381 g/mol. The second kappa shape index (κ2) is 6.13. The minimum Gasteiger partial charge on any atom is -0.381 e. The lowest BCUT2D eigenvalue weighted by molar-refractivity contribution is -0.384. The van der Waals surface area contributed by atoms with Crippen molar-refractivity contribution in [3.8, 4) is 0 Å². The van der Waals surface area contributed by atoms with Crippen LogP contribution in [0.15, 0.2) is 47.6 Å². The van der Waals surface area contributed by atoms with Gasteiger partial charge in [-0.3, -0.25) is 19.7 Å². The maximum absolute atomic E-state index is 13.1. The number of oxime groups is 1. The van der Waals surface area contributed by atoms with Crippen molar-refractivity contribution >= 4 is 40.5 Å². The van der Waals surface area contributed by atoms with E-state index in [2.05, 4.69) is 5.16 Å². The zero-order valence-corrected chi connectivity index (χ0v) is 14.1. The first-order valence-corrected chi connectivity index (χ1v) is 8.07. The van der Waals surface area contributed by atoms with Crippen molar-refractivity contribution in [2.75, 3.05) is 4.90 Å². The standard InChI is InChI=1S/C17H9ClFN3O5/c18-11-6-5-10(7-12(11)22(25)26)21-16(23)13-14(20-27-15(13)17(21)24)8-1-3-9(19)4-2-8/h1-7,13,15H/t13-,15-/m1/s1. The Hall–Kier alpha value is -3.33. The molecule has 4 rings (SSSR count). The molecule has 2 heterocycles. The average molecular weight is 390 g/mol. The van der Waals surface area contributed by atoms with Gasteiger partial charge in [0, 0.05) is 11.6 Å². The van der Waals surface area contributed by atoms with E-state index in [1.807, 2.05) is 0 Å². The van der Waals surface area contributed by atoms with Gasteiger partial charge in [0.15, 0.2) is 0 Å². The summed E-state index contributed by atoms with van der Waals surface area (Å²) in [7, 11) is 0. The first kappa shape index (κ1) is 17.1. The fourth-order valence-corrected chi connectivity index (χ4v) is 3.26. The number of fused-ring (bicyclic) bond motifs is 1. The van der Waals surface area contributed by atoms with Crippen LogP contribution in [0.1, 0.15) is 5.56 Å². The molecule has 2 aliphatic heterocycles. The smallest absolute Gasteiger partial charge is 0.289 e. The van der Waals surface area contributed by atoms with Gasteiger partial charge in [0.25, 0.3) is 11.6 Å². The minimum absolute atomic E-state index is 0.0116. The summed E-state index contributed by atoms with van der Waals surface area (Å²) in [5.41, 5.74) is 0.219. The number of imide groups is 1. The Morgan fingerprint density at radius 1 is 1.15 bits per heavy atom. The maximum Gasteiger partial charge on any atom is 0.289 e. The Kier molecular flexibility index (Phi) is 3.88. The number of hydrogen-bond donors (Lipinski definition) is 0. The molecule has 0 N–H and O–H groups in total. The third-order valence-electron chi connectivity index (χ3n) is 4.34. The lowest BCUT2D eigenvalue weighted by atomic mass is 9.94. The molecule has 0 unspecified atom stereocenters. The van der Waals surface area contributed by atoms with Gasteiger partial charge in [0.1, 0.15) is 22.5 Å². The van der Waals surface area contributed by atoms with Crippen molar-refractivity contribution in [3.63, 3.8) is 0 Å². The van der Waals surface area contributed by atoms with E-state index in [1.54, 1.807) is 0 Å². The van der Waals surface area contributed by atoms with Gasteiger partial charge in [-0.25, -0.2) is 9.29 Å². The second-order valence-electron chi connectivity index (χ2n) is 5.89. The summed E-state index contributed by atoms with van der Waals surface area (Å²) in [5.74, 6) is -2.80. The van der Waals surface area contributed by atoms with Crippen LogP contribution in [-0.4, -0.2) is 28.6 Å². The number of amides is 2. The summed E-state index contributed by atoms with van der Waals surface area (Å²) in [6, 6.07) is 8.87. The van der Waals surface area contributed by atoms with E-state index in [0.29, 0.717) is 5.56 Å². The Morgan fingerprint density at radius 3 is 2.52 bits per heavy atom. The topological polar surface area (TPSA) is 102 Å². The fraction of sp³-hybridized carbons (Fsp3) is 0.118. The molecular formula is C17H9ClFN3O5. The molecule has 0 spiro atoms. The molecule has 2 aromatic rings. The number of rotatable bonds is 3. The Balaban J connectivity index is 1.71. The van der Waals surface area contributed by atoms with Crippen LogP contribution in [0.2, 0.25) is 5.02 Å². The van der Waals surface area contributed by atoms with Gasteiger partial charge >= 0.3 is 0 Å². The normalized spacial score (nSPS) is 21.1. The molecule has 2 aromatic carbocycles. The minimum atomic E-state index is -1.17. The van der Waals surface area contributed by atoms with E-state index in [4.69, 9.17) is 16.4 Å². The van der Waals surface area contributed by atoms with Crippen LogP contribution in [0.5, 0.6) is 0 Å². The van der Waals surface area contributed by atoms with Crippen LogP contribution in [0.25, 0.3) is 0 Å². The largest absolute Gasteiger partial charge is 0.381 e. The number of benzene rings is 2. The maximum atomic E-state index is 13.1. The lowest BCUT2D eigenvalue weighted by Gasteiger charge is -2.15. The van der Waals surface area contributed by atoms with E-state index in [0.717, 1.165) is 11.0 Å². The number of nitro groups is 1. The van der Waals surface area contributed by atoms with Crippen LogP contribution in [-0.2, 0) is 14.4 Å². The molecule has 2 amide bonds. The van der Waals surface area contributed by atoms with E-state index in [-0.39, 0.29) is 16.4 Å². The molecule has 0 radical (unpaired) electrons. The third kappa shape index (κ3) is 2.63. The van der Waals surface area contributed by atoms with Crippen LogP contribution in [0.4, 0.5) is 15.8 Å². The SMILES string of the molecule is O=C1[C@@H]2C(c3ccc(F)cc3)=NO[C@H]2C(=O)N1c1ccc(Cl)c([N+](=O)[O-])c1. The molecule has 1 saturated heterocycles. The van der Waals surface area contributed by atoms with E-state index in [1.165, 1.54) is 36.4 Å². The second-order valence-corrected chi connectivity index (χ2v) is 6.30. The molecule has 136 valence electrons. The van der Waals surface area contributed by atoms with E-state index < -0.39 is 40.3 Å². The molecule has 27 heavy (non-hydrogen) atoms. The van der Waals surface area contributed by atoms with Gasteiger partial charge < -0.3 is 4.84 Å². The Labute approximate surface area is 155 Å². The average Bonchev–Trinajstić information content (AvgIpc) is 3.17. The van der Waals surface area contributed by atoms with Gasteiger partial charge in [-0.1, -0.05) is 28.9 Å². The molecule has 0 aromatic heterocycles. The summed E-state index contributed by atoms with van der Waals surface area (Å²) in [6.07, 6.45) is -1.17. The molecule has 0 bridgehead atoms. The number of carbonyl (C=O) groups is 2. The Bertz CT molecular complexity index is 1020. The fourth-order valence-electron chi connectivity index (χ4n) is 3.07. The summed E-state index contributed by atoms with van der Waals surface area (Å²) in [4.78, 5) is 41.8. The number of anilines is 1. The van der Waals surface area contributed by atoms with Gasteiger partial charge in [0.05, 0.1) is 10.6 Å². The first-order valence-electron chi connectivity index (χ1n) is 7.70. The molecule has 0 saturated carbocycles. The van der Waals surface area contributed by atoms with Crippen LogP contribution < -0.4 is 4.90 Å². The van der Waals surface area contributed by atoms with Crippen molar-refractivity contribution in [2.45, 2.75) is 6.10 Å². The Morgan fingerprint density at radius 2 is 1.85 bits per heavy atom. The number of nitrogens with zero attached hydrogens (tertiary/aromatic N) is 3. The number of hydrogen-bond acceptors (Lipinski definition) is 6. The lowest BCUT2D eigenvalue weighted by Crippen LogP contribution is -2.33. The van der Waals surface area contributed by atoms with Crippen LogP contribution in [0.3, 0.4) is 0 Å². The van der Waals surface area contributed by atoms with Gasteiger partial charge in [0.2, 0.25) is 12.0 Å². The highest BCUT2D eigenvalue weighted by Crippen LogP contribution is 2.37. The summed E-state index contributed by atoms with van der Waals surface area (Å²) < 4.78 is 13.1. The summed E-state index contributed by atoms with van der Waals surface area (Å²) in [5, 5.41) is 14.8. The van der Waals surface area contributed by atoms with Crippen molar-refractivity contribution in [1.82, 2.24) is 0 Å². The zero-order chi connectivity index (χ0) is 19.3. The number of halogens is 2. The van der Waals surface area contributed by atoms with Gasteiger partial charge in [-0.2, -0.15) is 0 Å². The van der Waals surface area contributed by atoms with E-state index >= 15 is 0 Å². The van der Waals surface area contributed by atoms with Crippen molar-refractivity contribution < 1.29 is 23.7 Å². The number of nitro benzene ring substituents is 1. The van der Waals surface area contributed by atoms with Crippen LogP contribution >= 0.6 is 11.6 Å². The molecule has 0 aliphatic carbocycles. The number of carbonyl (C=O) groups excluding carboxylic acids is 2. The highest BCUT2D eigenvalue weighted by molar-refractivity contribution is 6.34. The van der Waals surface area contributed by atoms with Crippen molar-refractivity contribution in [1.29, 1.82) is 0 Å². The predicted octanol–water partition coefficient (Wildman–Crippen LogP) is 2.68. The van der Waals surface area contributed by atoms with E-state index in [9.17, 15) is 24.1 Å². The molecule has 10 heteroatoms. The monoisotopic (exact) mass is 389 g/mol. The molecule has 8 nitrogen and oxygen atoms in total. The highest BCUT2D eigenvalue weighted by Gasteiger charge is 2.56. The molecule has 1 fully saturated rings. The van der Waals surface area contributed by atoms with Crippen molar-refractivity contribution in [3.05, 3.63) is 69.0 Å².